The number of pyridine rings is 1. The third kappa shape index (κ3) is 4.98. The molecule has 0 atom stereocenters. The van der Waals surface area contributed by atoms with E-state index >= 15 is 0 Å². The highest BCUT2D eigenvalue weighted by molar-refractivity contribution is 6.06. The van der Waals surface area contributed by atoms with E-state index in [1.165, 1.54) is 27.8 Å². The largest absolute Gasteiger partial charge is 0.379 e. The normalized spacial score (nSPS) is 17.1. The van der Waals surface area contributed by atoms with Crippen molar-refractivity contribution in [2.24, 2.45) is 0 Å². The molecule has 2 aromatic carbocycles. The second-order valence-electron chi connectivity index (χ2n) is 11.2. The number of hydrogen-bond acceptors (Lipinski definition) is 7. The van der Waals surface area contributed by atoms with Gasteiger partial charge in [0.25, 0.3) is 0 Å². The van der Waals surface area contributed by atoms with E-state index in [1.54, 1.807) is 0 Å². The maximum atomic E-state index is 5.69. The van der Waals surface area contributed by atoms with Gasteiger partial charge < -0.3 is 14.4 Å². The molecule has 42 heavy (non-hydrogen) atoms. The molecular weight excluding hydrogens is 526 g/mol. The predicted octanol–water partition coefficient (Wildman–Crippen LogP) is 4.42. The first-order chi connectivity index (χ1) is 20.8. The van der Waals surface area contributed by atoms with Crippen LogP contribution < -0.4 is 4.90 Å². The summed E-state index contributed by atoms with van der Waals surface area (Å²) in [4.78, 5) is 10.1. The summed E-state index contributed by atoms with van der Waals surface area (Å²) in [5.41, 5.74) is 9.12. The van der Waals surface area contributed by atoms with Crippen LogP contribution in [-0.2, 0) is 16.0 Å². The van der Waals surface area contributed by atoms with Gasteiger partial charge in [0, 0.05) is 80.7 Å². The molecule has 3 aliphatic rings. The number of rotatable bonds is 8. The van der Waals surface area contributed by atoms with Crippen LogP contribution in [0.25, 0.3) is 39.1 Å². The topological polar surface area (TPSA) is 73.5 Å². The molecule has 9 nitrogen and oxygen atoms in total. The van der Waals surface area contributed by atoms with Crippen molar-refractivity contribution in [2.45, 2.75) is 13.0 Å². The number of aromatic nitrogens is 5. The van der Waals surface area contributed by atoms with Crippen LogP contribution in [0.15, 0.2) is 67.1 Å². The highest BCUT2D eigenvalue weighted by Crippen LogP contribution is 2.48. The molecule has 2 fully saturated rings. The molecule has 0 saturated carbocycles. The predicted molar refractivity (Wildman–Crippen MR) is 163 cm³/mol. The number of fused-ring (bicyclic) bond motifs is 3. The maximum absolute atomic E-state index is 5.69. The van der Waals surface area contributed by atoms with E-state index in [2.05, 4.69) is 57.4 Å². The number of hydrogen-bond donors (Lipinski definition) is 0. The Bertz CT molecular complexity index is 1720. The molecule has 5 aromatic rings. The quantitative estimate of drug-likeness (QED) is 0.273. The van der Waals surface area contributed by atoms with Crippen LogP contribution in [0.5, 0.6) is 0 Å². The summed E-state index contributed by atoms with van der Waals surface area (Å²) in [5, 5.41) is 10.8. The second kappa shape index (κ2) is 11.0. The molecule has 0 bridgehead atoms. The zero-order valence-corrected chi connectivity index (χ0v) is 23.7. The lowest BCUT2D eigenvalue weighted by molar-refractivity contribution is 0.0368. The third-order valence-corrected chi connectivity index (χ3v) is 8.50. The van der Waals surface area contributed by atoms with Gasteiger partial charge in [0.2, 0.25) is 0 Å². The van der Waals surface area contributed by atoms with Crippen molar-refractivity contribution in [2.75, 3.05) is 64.1 Å². The third-order valence-electron chi connectivity index (χ3n) is 8.50. The number of morpholine rings is 2. The Morgan fingerprint density at radius 3 is 2.45 bits per heavy atom. The van der Waals surface area contributed by atoms with E-state index in [0.29, 0.717) is 0 Å². The Labute approximate surface area is 245 Å². The molecule has 1 radical (unpaired) electrons. The van der Waals surface area contributed by atoms with Crippen LogP contribution in [0.1, 0.15) is 17.5 Å². The molecule has 1 aliphatic carbocycles. The lowest BCUT2D eigenvalue weighted by Gasteiger charge is -2.30. The van der Waals surface area contributed by atoms with Gasteiger partial charge in [-0.05, 0) is 35.2 Å². The van der Waals surface area contributed by atoms with Crippen LogP contribution in [0, 0.1) is 6.42 Å². The van der Waals surface area contributed by atoms with Crippen molar-refractivity contribution in [3.63, 3.8) is 0 Å². The number of benzene rings is 2. The maximum Gasteiger partial charge on any atom is 0.156 e. The molecule has 5 heterocycles. The van der Waals surface area contributed by atoms with Gasteiger partial charge in [-0.2, -0.15) is 10.2 Å². The number of aryl methyl sites for hydroxylation is 1. The zero-order chi connectivity index (χ0) is 27.9. The number of ether oxygens (including phenoxy) is 2. The van der Waals surface area contributed by atoms with Gasteiger partial charge in [-0.15, -0.1) is 0 Å². The van der Waals surface area contributed by atoms with Crippen molar-refractivity contribution < 1.29 is 9.47 Å². The molecule has 2 saturated heterocycles. The summed E-state index contributed by atoms with van der Waals surface area (Å²) < 4.78 is 15.1. The van der Waals surface area contributed by atoms with Gasteiger partial charge in [-0.3, -0.25) is 9.58 Å². The minimum atomic E-state index is 0.730. The molecule has 8 rings (SSSR count). The van der Waals surface area contributed by atoms with Gasteiger partial charge in [-0.1, -0.05) is 30.3 Å². The van der Waals surface area contributed by atoms with Gasteiger partial charge >= 0.3 is 0 Å². The van der Waals surface area contributed by atoms with E-state index in [-0.39, 0.29) is 0 Å². The summed E-state index contributed by atoms with van der Waals surface area (Å²) in [6.45, 7) is 8.90. The van der Waals surface area contributed by atoms with Crippen LogP contribution in [0.3, 0.4) is 0 Å². The molecule has 9 heteroatoms. The molecule has 0 spiro atoms. The Kier molecular flexibility index (Phi) is 6.70. The van der Waals surface area contributed by atoms with Gasteiger partial charge in [0.15, 0.2) is 5.82 Å². The van der Waals surface area contributed by atoms with Gasteiger partial charge in [-0.25, -0.2) is 9.67 Å². The molecule has 0 N–H and O–H groups in total. The standard InChI is InChI=1S/C33H34N7O2/c1-2-5-24(6-3-1)29-7-10-40(36-29)32-21-31(38-13-17-42-18-14-38)33-28-19-27(28)26(20-30(33)35-32)25-22-34-39(23-25)9-4-8-37-11-15-41-16-12-37/h1-3,5-7,10,19-23H,4,8-9,11-18H2. The zero-order valence-electron chi connectivity index (χ0n) is 23.7. The van der Waals surface area contributed by atoms with E-state index < -0.39 is 0 Å². The van der Waals surface area contributed by atoms with E-state index in [9.17, 15) is 0 Å². The molecule has 2 aliphatic heterocycles. The number of nitrogens with zero attached hydrogens (tertiary/aromatic N) is 7. The van der Waals surface area contributed by atoms with E-state index in [0.717, 1.165) is 100 Å². The first kappa shape index (κ1) is 25.6. The average molecular weight is 561 g/mol. The summed E-state index contributed by atoms with van der Waals surface area (Å²) in [6, 6.07) is 16.7. The molecular formula is C33H34N7O2. The Morgan fingerprint density at radius 1 is 0.810 bits per heavy atom. The molecule has 0 amide bonds. The monoisotopic (exact) mass is 560 g/mol. The van der Waals surface area contributed by atoms with Crippen LogP contribution in [-0.4, -0.2) is 88.6 Å². The fourth-order valence-electron chi connectivity index (χ4n) is 6.20. The highest BCUT2D eigenvalue weighted by atomic mass is 16.5. The lowest BCUT2D eigenvalue weighted by atomic mass is 10.0. The van der Waals surface area contributed by atoms with E-state index in [4.69, 9.17) is 24.7 Å². The summed E-state index contributed by atoms with van der Waals surface area (Å²) in [6.07, 6.45) is 9.54. The molecule has 3 aromatic heterocycles. The first-order valence-corrected chi connectivity index (χ1v) is 14.9. The smallest absolute Gasteiger partial charge is 0.156 e. The lowest BCUT2D eigenvalue weighted by Crippen LogP contribution is -2.37. The first-order valence-electron chi connectivity index (χ1n) is 14.9. The number of anilines is 1. The van der Waals surface area contributed by atoms with Gasteiger partial charge in [0.1, 0.15) is 0 Å². The van der Waals surface area contributed by atoms with Crippen molar-refractivity contribution in [3.05, 3.63) is 84.7 Å². The second-order valence-corrected chi connectivity index (χ2v) is 11.2. The molecule has 0 unspecified atom stereocenters. The average Bonchev–Trinajstić information content (AvgIpc) is 3.45. The minimum absolute atomic E-state index is 0.730. The van der Waals surface area contributed by atoms with Crippen molar-refractivity contribution in [1.82, 2.24) is 29.4 Å². The van der Waals surface area contributed by atoms with Crippen molar-refractivity contribution >= 4 is 16.6 Å². The van der Waals surface area contributed by atoms with Crippen LogP contribution in [0.4, 0.5) is 5.69 Å². The minimum Gasteiger partial charge on any atom is -0.379 e. The van der Waals surface area contributed by atoms with Gasteiger partial charge in [0.05, 0.1) is 49.5 Å². The molecule has 213 valence electrons. The summed E-state index contributed by atoms with van der Waals surface area (Å²) >= 11 is 0. The van der Waals surface area contributed by atoms with Crippen LogP contribution >= 0.6 is 0 Å². The van der Waals surface area contributed by atoms with E-state index in [1.807, 2.05) is 35.3 Å². The van der Waals surface area contributed by atoms with Crippen molar-refractivity contribution in [1.29, 1.82) is 0 Å². The Balaban J connectivity index is 1.13. The Morgan fingerprint density at radius 2 is 1.62 bits per heavy atom. The SMILES string of the molecule is [CH]1c2c(-c3cnn(CCCN4CCOCC4)c3)cc3nc(-n4ccc(-c5ccccc5)n4)cc(N4CCOCC4)c3c21. The summed E-state index contributed by atoms with van der Waals surface area (Å²) in [5.74, 6) is 0.816. The van der Waals surface area contributed by atoms with Crippen LogP contribution in [0.2, 0.25) is 0 Å². The highest BCUT2D eigenvalue weighted by Gasteiger charge is 2.31. The Hall–Kier alpha value is -4.05. The fraction of sp³-hybridized carbons (Fsp3) is 0.333. The summed E-state index contributed by atoms with van der Waals surface area (Å²) in [7, 11) is 0. The van der Waals surface area contributed by atoms with Crippen molar-refractivity contribution in [3.8, 4) is 28.2 Å². The fourth-order valence-corrected chi connectivity index (χ4v) is 6.20.